The van der Waals surface area contributed by atoms with Crippen molar-refractivity contribution in [2.45, 2.75) is 25.7 Å². The molecule has 4 nitrogen and oxygen atoms in total. The number of aliphatic hydroxyl groups excluding tert-OH is 2. The van der Waals surface area contributed by atoms with Crippen LogP contribution < -0.4 is 0 Å². The fourth-order valence-electron chi connectivity index (χ4n) is 1.42. The van der Waals surface area contributed by atoms with Crippen LogP contribution in [0.1, 0.15) is 25.7 Å². The molecule has 0 radical (unpaired) electrons. The number of quaternary nitrogens is 1. The van der Waals surface area contributed by atoms with Crippen LogP contribution in [0.5, 0.6) is 0 Å². The zero-order valence-corrected chi connectivity index (χ0v) is 9.45. The van der Waals surface area contributed by atoms with E-state index in [1.54, 1.807) is 0 Å². The number of hydrogen-bond acceptors (Lipinski definition) is 3. The Hall–Kier alpha value is -0.160. The summed E-state index contributed by atoms with van der Waals surface area (Å²) in [4.78, 5) is 0. The highest BCUT2D eigenvalue weighted by molar-refractivity contribution is 4.41. The average Bonchev–Trinajstić information content (AvgIpc) is 2.05. The SMILES string of the molecule is C[N+](C)(CCCCO)CCCCO.[OH-]. The number of hydrogen-bond donors (Lipinski definition) is 2. The van der Waals surface area contributed by atoms with E-state index in [1.165, 1.54) is 0 Å². The molecular formula is C10H25NO3. The van der Waals surface area contributed by atoms with Crippen LogP contribution in [0.25, 0.3) is 0 Å². The van der Waals surface area contributed by atoms with Gasteiger partial charge in [-0.05, 0) is 25.7 Å². The monoisotopic (exact) mass is 207 g/mol. The molecule has 0 saturated carbocycles. The van der Waals surface area contributed by atoms with E-state index in [1.807, 2.05) is 0 Å². The Morgan fingerprint density at radius 2 is 1.14 bits per heavy atom. The lowest BCUT2D eigenvalue weighted by atomic mass is 10.2. The molecule has 0 unspecified atom stereocenters. The Morgan fingerprint density at radius 3 is 1.43 bits per heavy atom. The number of nitrogens with zero attached hydrogens (tertiary/aromatic N) is 1. The molecule has 88 valence electrons. The van der Waals surface area contributed by atoms with Gasteiger partial charge in [0.05, 0.1) is 27.2 Å². The van der Waals surface area contributed by atoms with Gasteiger partial charge in [0.25, 0.3) is 0 Å². The van der Waals surface area contributed by atoms with Crippen molar-refractivity contribution in [3.8, 4) is 0 Å². The molecular weight excluding hydrogens is 182 g/mol. The first kappa shape index (κ1) is 16.3. The Bertz CT molecular complexity index is 106. The smallest absolute Gasteiger partial charge is 0.0783 e. The maximum absolute atomic E-state index is 8.64. The standard InChI is InChI=1S/C10H24NO2.H2O/c1-11(2,7-3-5-9-12)8-4-6-10-13;/h12-13H,3-10H2,1-2H3;1H2/q+1;/p-1. The van der Waals surface area contributed by atoms with E-state index in [0.29, 0.717) is 13.2 Å². The van der Waals surface area contributed by atoms with Crippen molar-refractivity contribution < 1.29 is 20.2 Å². The third-order valence-electron chi connectivity index (χ3n) is 2.34. The predicted octanol–water partition coefficient (Wildman–Crippen LogP) is 0.431. The molecule has 0 bridgehead atoms. The number of aliphatic hydroxyl groups is 2. The fraction of sp³-hybridized carbons (Fsp3) is 1.00. The summed E-state index contributed by atoms with van der Waals surface area (Å²) in [6.07, 6.45) is 3.98. The molecule has 0 aliphatic heterocycles. The maximum atomic E-state index is 8.64. The van der Waals surface area contributed by atoms with Gasteiger partial charge in [-0.2, -0.15) is 0 Å². The minimum absolute atomic E-state index is 0. The molecule has 0 aliphatic rings. The van der Waals surface area contributed by atoms with E-state index in [0.717, 1.165) is 43.3 Å². The first-order valence-electron chi connectivity index (χ1n) is 5.16. The lowest BCUT2D eigenvalue weighted by Gasteiger charge is -2.29. The molecule has 0 aromatic carbocycles. The molecule has 0 aliphatic carbocycles. The van der Waals surface area contributed by atoms with Gasteiger partial charge < -0.3 is 20.2 Å². The molecule has 0 spiro atoms. The normalized spacial score (nSPS) is 11.1. The minimum atomic E-state index is 0. The van der Waals surface area contributed by atoms with Crippen LogP contribution in [0.4, 0.5) is 0 Å². The third kappa shape index (κ3) is 9.92. The van der Waals surface area contributed by atoms with Crippen LogP contribution in [0.3, 0.4) is 0 Å². The quantitative estimate of drug-likeness (QED) is 0.448. The lowest BCUT2D eigenvalue weighted by Crippen LogP contribution is -2.41. The Labute approximate surface area is 87.1 Å². The summed E-state index contributed by atoms with van der Waals surface area (Å²) in [5, 5.41) is 17.3. The highest BCUT2D eigenvalue weighted by Crippen LogP contribution is 2.04. The summed E-state index contributed by atoms with van der Waals surface area (Å²) in [5.74, 6) is 0. The fourth-order valence-corrected chi connectivity index (χ4v) is 1.42. The van der Waals surface area contributed by atoms with E-state index < -0.39 is 0 Å². The van der Waals surface area contributed by atoms with Crippen LogP contribution in [-0.2, 0) is 0 Å². The first-order chi connectivity index (χ1) is 6.12. The van der Waals surface area contributed by atoms with Crippen LogP contribution in [0.15, 0.2) is 0 Å². The van der Waals surface area contributed by atoms with Gasteiger partial charge >= 0.3 is 0 Å². The molecule has 0 aromatic rings. The van der Waals surface area contributed by atoms with E-state index >= 15 is 0 Å². The summed E-state index contributed by atoms with van der Waals surface area (Å²) < 4.78 is 1.00. The summed E-state index contributed by atoms with van der Waals surface area (Å²) in [7, 11) is 4.41. The zero-order valence-electron chi connectivity index (χ0n) is 9.45. The van der Waals surface area contributed by atoms with E-state index in [4.69, 9.17) is 10.2 Å². The van der Waals surface area contributed by atoms with Gasteiger partial charge in [0.1, 0.15) is 0 Å². The van der Waals surface area contributed by atoms with Crippen LogP contribution >= 0.6 is 0 Å². The van der Waals surface area contributed by atoms with Gasteiger partial charge in [0.2, 0.25) is 0 Å². The molecule has 0 atom stereocenters. The lowest BCUT2D eigenvalue weighted by molar-refractivity contribution is -0.890. The van der Waals surface area contributed by atoms with Crippen molar-refractivity contribution in [3.05, 3.63) is 0 Å². The third-order valence-corrected chi connectivity index (χ3v) is 2.34. The molecule has 0 heterocycles. The maximum Gasteiger partial charge on any atom is 0.0783 e. The first-order valence-corrected chi connectivity index (χ1v) is 5.16. The largest absolute Gasteiger partial charge is 0.870 e. The molecule has 0 amide bonds. The highest BCUT2D eigenvalue weighted by Gasteiger charge is 2.12. The van der Waals surface area contributed by atoms with Crippen molar-refractivity contribution in [2.24, 2.45) is 0 Å². The molecule has 4 heteroatoms. The summed E-state index contributed by atoms with van der Waals surface area (Å²) in [6.45, 7) is 2.84. The van der Waals surface area contributed by atoms with Crippen molar-refractivity contribution in [2.75, 3.05) is 40.4 Å². The van der Waals surface area contributed by atoms with Crippen LogP contribution in [0.2, 0.25) is 0 Å². The van der Waals surface area contributed by atoms with Gasteiger partial charge in [0.15, 0.2) is 0 Å². The summed E-state index contributed by atoms with van der Waals surface area (Å²) in [5.41, 5.74) is 0. The average molecular weight is 207 g/mol. The Morgan fingerprint density at radius 1 is 0.786 bits per heavy atom. The van der Waals surface area contributed by atoms with Crippen molar-refractivity contribution >= 4 is 0 Å². The topological polar surface area (TPSA) is 70.5 Å². The number of unbranched alkanes of at least 4 members (excludes halogenated alkanes) is 2. The zero-order chi connectivity index (χ0) is 10.2. The van der Waals surface area contributed by atoms with E-state index in [-0.39, 0.29) is 5.48 Å². The van der Waals surface area contributed by atoms with Gasteiger partial charge in [-0.15, -0.1) is 0 Å². The van der Waals surface area contributed by atoms with E-state index in [2.05, 4.69) is 14.1 Å². The molecule has 0 fully saturated rings. The predicted molar refractivity (Wildman–Crippen MR) is 56.4 cm³/mol. The summed E-state index contributed by atoms with van der Waals surface area (Å²) in [6, 6.07) is 0. The Kier molecular flexibility index (Phi) is 10.9. The molecule has 0 saturated heterocycles. The van der Waals surface area contributed by atoms with Gasteiger partial charge in [-0.3, -0.25) is 0 Å². The second-order valence-corrected chi connectivity index (χ2v) is 4.24. The van der Waals surface area contributed by atoms with Gasteiger partial charge in [-0.1, -0.05) is 0 Å². The van der Waals surface area contributed by atoms with Crippen molar-refractivity contribution in [1.82, 2.24) is 0 Å². The van der Waals surface area contributed by atoms with Crippen molar-refractivity contribution in [3.63, 3.8) is 0 Å². The summed E-state index contributed by atoms with van der Waals surface area (Å²) >= 11 is 0. The molecule has 0 aromatic heterocycles. The Balaban J connectivity index is 0. The van der Waals surface area contributed by atoms with Crippen molar-refractivity contribution in [1.29, 1.82) is 0 Å². The second kappa shape index (κ2) is 9.40. The second-order valence-electron chi connectivity index (χ2n) is 4.24. The van der Waals surface area contributed by atoms with E-state index in [9.17, 15) is 0 Å². The minimum Gasteiger partial charge on any atom is -0.870 e. The molecule has 14 heavy (non-hydrogen) atoms. The highest BCUT2D eigenvalue weighted by atomic mass is 16.3. The van der Waals surface area contributed by atoms with Gasteiger partial charge in [0, 0.05) is 13.2 Å². The van der Waals surface area contributed by atoms with Gasteiger partial charge in [-0.25, -0.2) is 0 Å². The van der Waals surface area contributed by atoms with Crippen LogP contribution in [-0.4, -0.2) is 60.6 Å². The number of rotatable bonds is 8. The molecule has 0 rings (SSSR count). The molecule has 3 N–H and O–H groups in total. The van der Waals surface area contributed by atoms with Crippen LogP contribution in [0, 0.1) is 0 Å².